The normalized spacial score (nSPS) is 11.6. The third kappa shape index (κ3) is 6.74. The van der Waals surface area contributed by atoms with Crippen LogP contribution in [-0.2, 0) is 0 Å². The molecule has 0 atom stereocenters. The Morgan fingerprint density at radius 1 is 0.299 bits per heavy atom. The van der Waals surface area contributed by atoms with Gasteiger partial charge in [0.1, 0.15) is 0 Å². The molecule has 4 nitrogen and oxygen atoms in total. The summed E-state index contributed by atoms with van der Waals surface area (Å²) in [5.41, 5.74) is 15.6. The molecule has 0 N–H and O–H groups in total. The van der Waals surface area contributed by atoms with Crippen LogP contribution in [0, 0.1) is 0 Å². The largest absolute Gasteiger partial charge is 0.307 e. The first-order valence-electron chi connectivity index (χ1n) is 22.8. The molecule has 67 heavy (non-hydrogen) atoms. The van der Waals surface area contributed by atoms with E-state index in [1.165, 1.54) is 43.4 Å². The summed E-state index contributed by atoms with van der Waals surface area (Å²) in [4.78, 5) is 16.0. The molecular weight excluding hydrogens is 813 g/mol. The summed E-state index contributed by atoms with van der Waals surface area (Å²) in [6.07, 6.45) is 0. The number of pyridine rings is 1. The van der Waals surface area contributed by atoms with Crippen LogP contribution < -0.4 is 0 Å². The first-order valence-corrected chi connectivity index (χ1v) is 22.8. The summed E-state index contributed by atoms with van der Waals surface area (Å²) >= 11 is 0. The van der Waals surface area contributed by atoms with Crippen LogP contribution in [0.2, 0.25) is 0 Å². The summed E-state index contributed by atoms with van der Waals surface area (Å²) in [5, 5.41) is 8.38. The van der Waals surface area contributed by atoms with Gasteiger partial charge >= 0.3 is 0 Å². The molecule has 0 radical (unpaired) electrons. The van der Waals surface area contributed by atoms with Crippen molar-refractivity contribution in [2.45, 2.75) is 0 Å². The second-order valence-electron chi connectivity index (χ2n) is 17.2. The molecule has 0 unspecified atom stereocenters. The monoisotopic (exact) mass is 852 g/mol. The highest BCUT2D eigenvalue weighted by Crippen LogP contribution is 2.42. The Morgan fingerprint density at radius 2 is 0.776 bits per heavy atom. The Morgan fingerprint density at radius 3 is 1.43 bits per heavy atom. The molecule has 0 saturated heterocycles. The van der Waals surface area contributed by atoms with Crippen LogP contribution >= 0.6 is 0 Å². The highest BCUT2D eigenvalue weighted by atomic mass is 15.0. The standard InChI is InChI=1S/C63H40N4/c1-3-13-41(14-4-1)43-23-30-47(31-24-43)57-40-58(48-32-25-44(26-33-48)42-15-5-2-6-16-42)66-63(65-57)49-35-37-51(38-36-49)67-59-22-12-10-20-54(59)60-53-19-9-11-21-56(53)64-61(62(60)67)50-34-29-46-28-27-45-17-7-8-18-52(45)55(46)39-50/h1-40H. The van der Waals surface area contributed by atoms with Crippen molar-refractivity contribution < 1.29 is 0 Å². The predicted octanol–water partition coefficient (Wildman–Crippen LogP) is 16.4. The van der Waals surface area contributed by atoms with Crippen LogP contribution in [0.1, 0.15) is 0 Å². The Labute approximate surface area is 387 Å². The van der Waals surface area contributed by atoms with Crippen molar-refractivity contribution in [2.24, 2.45) is 0 Å². The van der Waals surface area contributed by atoms with E-state index in [-0.39, 0.29) is 0 Å². The number of hydrogen-bond donors (Lipinski definition) is 0. The van der Waals surface area contributed by atoms with Crippen molar-refractivity contribution in [2.75, 3.05) is 0 Å². The zero-order chi connectivity index (χ0) is 44.3. The number of para-hydroxylation sites is 2. The van der Waals surface area contributed by atoms with Crippen molar-refractivity contribution in [1.82, 2.24) is 19.5 Å². The molecule has 0 aliphatic rings. The number of fused-ring (bicyclic) bond motifs is 8. The molecule has 0 aliphatic heterocycles. The molecule has 0 fully saturated rings. The maximum absolute atomic E-state index is 5.49. The Bertz CT molecular complexity index is 3890. The van der Waals surface area contributed by atoms with Gasteiger partial charge in [0.15, 0.2) is 5.82 Å². The van der Waals surface area contributed by atoms with Gasteiger partial charge in [-0.05, 0) is 92.3 Å². The van der Waals surface area contributed by atoms with Gasteiger partial charge in [-0.1, -0.05) is 194 Å². The van der Waals surface area contributed by atoms with Crippen LogP contribution in [0.3, 0.4) is 0 Å². The van der Waals surface area contributed by atoms with Gasteiger partial charge in [0.2, 0.25) is 0 Å². The summed E-state index contributed by atoms with van der Waals surface area (Å²) in [7, 11) is 0. The molecule has 3 heterocycles. The molecule has 0 spiro atoms. The molecule has 0 amide bonds. The van der Waals surface area contributed by atoms with Crippen molar-refractivity contribution in [1.29, 1.82) is 0 Å². The van der Waals surface area contributed by atoms with E-state index in [9.17, 15) is 0 Å². The van der Waals surface area contributed by atoms with Crippen molar-refractivity contribution in [3.63, 3.8) is 0 Å². The smallest absolute Gasteiger partial charge is 0.160 e. The summed E-state index contributed by atoms with van der Waals surface area (Å²) in [5.74, 6) is 0.664. The fraction of sp³-hybridized carbons (Fsp3) is 0. The Balaban J connectivity index is 0.969. The van der Waals surface area contributed by atoms with Gasteiger partial charge in [-0.2, -0.15) is 0 Å². The summed E-state index contributed by atoms with van der Waals surface area (Å²) in [6, 6.07) is 86.2. The maximum Gasteiger partial charge on any atom is 0.160 e. The fourth-order valence-electron chi connectivity index (χ4n) is 9.87. The van der Waals surface area contributed by atoms with E-state index in [0.717, 1.165) is 78.1 Å². The molecule has 4 heteroatoms. The first-order chi connectivity index (χ1) is 33.2. The lowest BCUT2D eigenvalue weighted by Gasteiger charge is -2.14. The Kier molecular flexibility index (Phi) is 9.14. The highest BCUT2D eigenvalue weighted by molar-refractivity contribution is 6.24. The zero-order valence-corrected chi connectivity index (χ0v) is 36.4. The second kappa shape index (κ2) is 15.9. The third-order valence-electron chi connectivity index (χ3n) is 13.2. The molecule has 3 aromatic heterocycles. The van der Waals surface area contributed by atoms with E-state index >= 15 is 0 Å². The van der Waals surface area contributed by atoms with Gasteiger partial charge in [0.25, 0.3) is 0 Å². The molecule has 0 saturated carbocycles. The van der Waals surface area contributed by atoms with E-state index in [1.54, 1.807) is 0 Å². The van der Waals surface area contributed by atoms with Crippen LogP contribution in [-0.4, -0.2) is 19.5 Å². The minimum absolute atomic E-state index is 0.664. The molecule has 0 bridgehead atoms. The molecular formula is C63H40N4. The molecule has 0 aliphatic carbocycles. The first kappa shape index (κ1) is 38.5. The lowest BCUT2D eigenvalue weighted by molar-refractivity contribution is 1.16. The second-order valence-corrected chi connectivity index (χ2v) is 17.2. The quantitative estimate of drug-likeness (QED) is 0.150. The zero-order valence-electron chi connectivity index (χ0n) is 36.4. The number of nitrogens with zero attached hydrogens (tertiary/aromatic N) is 4. The maximum atomic E-state index is 5.49. The summed E-state index contributed by atoms with van der Waals surface area (Å²) < 4.78 is 2.39. The lowest BCUT2D eigenvalue weighted by atomic mass is 9.97. The number of aromatic nitrogens is 4. The van der Waals surface area contributed by atoms with Crippen LogP contribution in [0.5, 0.6) is 0 Å². The average molecular weight is 853 g/mol. The minimum Gasteiger partial charge on any atom is -0.307 e. The van der Waals surface area contributed by atoms with Gasteiger partial charge in [0.05, 0.1) is 33.6 Å². The van der Waals surface area contributed by atoms with E-state index in [0.29, 0.717) is 5.82 Å². The molecule has 10 aromatic carbocycles. The van der Waals surface area contributed by atoms with Crippen molar-refractivity contribution >= 4 is 54.3 Å². The number of rotatable bonds is 7. The van der Waals surface area contributed by atoms with Crippen LogP contribution in [0.25, 0.3) is 127 Å². The molecule has 312 valence electrons. The predicted molar refractivity (Wildman–Crippen MR) is 279 cm³/mol. The van der Waals surface area contributed by atoms with Gasteiger partial charge in [-0.15, -0.1) is 0 Å². The van der Waals surface area contributed by atoms with Crippen LogP contribution in [0.15, 0.2) is 243 Å². The number of benzene rings is 10. The van der Waals surface area contributed by atoms with Crippen molar-refractivity contribution in [3.05, 3.63) is 243 Å². The van der Waals surface area contributed by atoms with Crippen molar-refractivity contribution in [3.8, 4) is 73.1 Å². The van der Waals surface area contributed by atoms with Gasteiger partial charge in [0, 0.05) is 44.1 Å². The van der Waals surface area contributed by atoms with Gasteiger partial charge in [-0.3, -0.25) is 0 Å². The van der Waals surface area contributed by atoms with E-state index in [4.69, 9.17) is 15.0 Å². The van der Waals surface area contributed by atoms with E-state index < -0.39 is 0 Å². The topological polar surface area (TPSA) is 43.6 Å². The minimum atomic E-state index is 0.664. The Hall–Kier alpha value is -8.99. The van der Waals surface area contributed by atoms with Crippen LogP contribution in [0.4, 0.5) is 0 Å². The van der Waals surface area contributed by atoms with E-state index in [1.807, 2.05) is 12.1 Å². The van der Waals surface area contributed by atoms with Gasteiger partial charge in [-0.25, -0.2) is 15.0 Å². The fourth-order valence-corrected chi connectivity index (χ4v) is 9.87. The van der Waals surface area contributed by atoms with Gasteiger partial charge < -0.3 is 4.57 Å². The third-order valence-corrected chi connectivity index (χ3v) is 13.2. The highest BCUT2D eigenvalue weighted by Gasteiger charge is 2.21. The lowest BCUT2D eigenvalue weighted by Crippen LogP contribution is -1.99. The summed E-state index contributed by atoms with van der Waals surface area (Å²) in [6.45, 7) is 0. The van der Waals surface area contributed by atoms with E-state index in [2.05, 4.69) is 235 Å². The molecule has 13 aromatic rings. The molecule has 13 rings (SSSR count). The SMILES string of the molecule is c1ccc(-c2ccc(-c3cc(-c4ccc(-c5ccccc5)cc4)nc(-c4ccc(-n5c6ccccc6c6c7ccccc7nc(-c7ccc8ccc9ccccc9c8c7)c65)cc4)n3)cc2)cc1. The number of hydrogen-bond acceptors (Lipinski definition) is 3. The average Bonchev–Trinajstić information content (AvgIpc) is 3.76.